The van der Waals surface area contributed by atoms with E-state index in [0.717, 1.165) is 11.1 Å². The largest absolute Gasteiger partial charge is 0.710 e. The highest BCUT2D eigenvalue weighted by Crippen LogP contribution is 2.35. The lowest BCUT2D eigenvalue weighted by molar-refractivity contribution is -0.609. The van der Waals surface area contributed by atoms with Crippen molar-refractivity contribution in [2.75, 3.05) is 5.73 Å². The highest BCUT2D eigenvalue weighted by molar-refractivity contribution is 6.39. The van der Waals surface area contributed by atoms with Crippen molar-refractivity contribution in [3.63, 3.8) is 0 Å². The van der Waals surface area contributed by atoms with Crippen LogP contribution in [0.5, 0.6) is 0 Å². The lowest BCUT2D eigenvalue weighted by Gasteiger charge is -2.15. The second-order valence-corrected chi connectivity index (χ2v) is 6.16. The number of fused-ring (bicyclic) bond motifs is 1. The molecule has 0 bridgehead atoms. The topological polar surface area (TPSA) is 79.9 Å². The Kier molecular flexibility index (Phi) is 3.70. The molecule has 0 spiro atoms. The van der Waals surface area contributed by atoms with E-state index in [0.29, 0.717) is 9.46 Å². The normalized spacial score (nSPS) is 11.1. The number of aryl methyl sites for hydroxylation is 2. The summed E-state index contributed by atoms with van der Waals surface area (Å²) in [6.45, 7) is 3.72. The molecule has 2 N–H and O–H groups in total. The van der Waals surface area contributed by atoms with Gasteiger partial charge in [0.1, 0.15) is 0 Å². The van der Waals surface area contributed by atoms with Crippen LogP contribution < -0.4 is 15.2 Å². The number of nitrogens with zero attached hydrogens (tertiary/aromatic N) is 2. The maximum absolute atomic E-state index is 12.8. The van der Waals surface area contributed by atoms with Crippen LogP contribution in [-0.4, -0.2) is 0 Å². The summed E-state index contributed by atoms with van der Waals surface area (Å²) in [6.07, 6.45) is 0. The Balaban J connectivity index is 2.50. The number of hydrogen-bond acceptors (Lipinski definition) is 3. The van der Waals surface area contributed by atoms with Gasteiger partial charge in [0.05, 0.1) is 15.6 Å². The Morgan fingerprint density at radius 3 is 1.91 bits per heavy atom. The van der Waals surface area contributed by atoms with Crippen molar-refractivity contribution in [3.05, 3.63) is 61.9 Å². The molecule has 0 radical (unpaired) electrons. The fourth-order valence-electron chi connectivity index (χ4n) is 2.52. The fraction of sp³-hybridized carbons (Fsp3) is 0.125. The van der Waals surface area contributed by atoms with Crippen molar-refractivity contribution >= 4 is 40.1 Å². The van der Waals surface area contributed by atoms with Crippen LogP contribution in [0.15, 0.2) is 30.3 Å². The van der Waals surface area contributed by atoms with Crippen molar-refractivity contribution < 1.29 is 9.46 Å². The third-order valence-electron chi connectivity index (χ3n) is 3.89. The zero-order valence-electron chi connectivity index (χ0n) is 12.4. The number of rotatable bonds is 1. The number of anilines is 1. The molecular weight excluding hydrogens is 337 g/mol. The summed E-state index contributed by atoms with van der Waals surface area (Å²) >= 11 is 12.3. The fourth-order valence-corrected chi connectivity index (χ4v) is 3.09. The minimum atomic E-state index is -0.245. The molecule has 0 unspecified atom stereocenters. The molecule has 118 valence electrons. The SMILES string of the molecule is Cc1cc2c(cc1C)[n+]([O-])c(-c1c(Cl)cccc1Cl)c(N)[n+]2[O-]. The second-order valence-electron chi connectivity index (χ2n) is 5.34. The first-order valence-corrected chi connectivity index (χ1v) is 7.58. The van der Waals surface area contributed by atoms with Gasteiger partial charge >= 0.3 is 11.5 Å². The van der Waals surface area contributed by atoms with Crippen LogP contribution in [0.25, 0.3) is 22.3 Å². The molecule has 0 amide bonds. The molecule has 1 aromatic heterocycles. The molecule has 0 saturated heterocycles. The van der Waals surface area contributed by atoms with E-state index in [1.807, 2.05) is 13.8 Å². The monoisotopic (exact) mass is 349 g/mol. The predicted molar refractivity (Wildman–Crippen MR) is 91.2 cm³/mol. The van der Waals surface area contributed by atoms with E-state index in [2.05, 4.69) is 0 Å². The zero-order valence-corrected chi connectivity index (χ0v) is 13.9. The van der Waals surface area contributed by atoms with E-state index in [-0.39, 0.29) is 38.2 Å². The minimum absolute atomic E-state index is 0.0497. The Labute approximate surface area is 142 Å². The first-order chi connectivity index (χ1) is 10.8. The van der Waals surface area contributed by atoms with Crippen molar-refractivity contribution in [2.45, 2.75) is 13.8 Å². The van der Waals surface area contributed by atoms with E-state index in [1.165, 1.54) is 0 Å². The predicted octanol–water partition coefficient (Wildman–Crippen LogP) is 3.28. The maximum atomic E-state index is 12.8. The lowest BCUT2D eigenvalue weighted by Crippen LogP contribution is -2.43. The molecule has 1 heterocycles. The van der Waals surface area contributed by atoms with Gasteiger partial charge in [0.2, 0.25) is 5.52 Å². The number of nitrogens with two attached hydrogens (primary N) is 1. The lowest BCUT2D eigenvalue weighted by atomic mass is 10.1. The van der Waals surface area contributed by atoms with E-state index in [1.54, 1.807) is 30.3 Å². The van der Waals surface area contributed by atoms with E-state index in [4.69, 9.17) is 28.9 Å². The van der Waals surface area contributed by atoms with E-state index >= 15 is 0 Å². The van der Waals surface area contributed by atoms with Gasteiger partial charge in [0.25, 0.3) is 5.52 Å². The number of hydrogen-bond donors (Lipinski definition) is 1. The van der Waals surface area contributed by atoms with E-state index in [9.17, 15) is 10.4 Å². The summed E-state index contributed by atoms with van der Waals surface area (Å²) in [5.74, 6) is -0.245. The number of aromatic nitrogens is 2. The summed E-state index contributed by atoms with van der Waals surface area (Å²) in [4.78, 5) is 0. The number of benzene rings is 2. The summed E-state index contributed by atoms with van der Waals surface area (Å²) in [7, 11) is 0. The summed E-state index contributed by atoms with van der Waals surface area (Å²) in [6, 6.07) is 8.11. The number of halogens is 2. The third kappa shape index (κ3) is 2.33. The van der Waals surface area contributed by atoms with Crippen LogP contribution in [0.2, 0.25) is 10.0 Å². The molecule has 7 heteroatoms. The Morgan fingerprint density at radius 1 is 0.913 bits per heavy atom. The van der Waals surface area contributed by atoms with Crippen LogP contribution in [0.4, 0.5) is 5.82 Å². The Morgan fingerprint density at radius 2 is 1.39 bits per heavy atom. The second kappa shape index (κ2) is 5.44. The molecule has 3 aromatic rings. The molecule has 23 heavy (non-hydrogen) atoms. The summed E-state index contributed by atoms with van der Waals surface area (Å²) in [5, 5.41) is 25.8. The van der Waals surface area contributed by atoms with Gasteiger partial charge in [0.15, 0.2) is 0 Å². The van der Waals surface area contributed by atoms with E-state index < -0.39 is 0 Å². The van der Waals surface area contributed by atoms with Crippen LogP contribution in [0.3, 0.4) is 0 Å². The molecule has 0 aliphatic rings. The van der Waals surface area contributed by atoms with Crippen molar-refractivity contribution in [1.82, 2.24) is 0 Å². The molecule has 0 fully saturated rings. The molecule has 2 aromatic carbocycles. The maximum Gasteiger partial charge on any atom is 0.351 e. The molecular formula is C16H13Cl2N3O2. The highest BCUT2D eigenvalue weighted by Gasteiger charge is 2.29. The average molecular weight is 350 g/mol. The molecule has 0 atom stereocenters. The van der Waals surface area contributed by atoms with Gasteiger partial charge in [-0.05, 0) is 43.2 Å². The molecule has 0 saturated carbocycles. The molecule has 0 aliphatic heterocycles. The first-order valence-electron chi connectivity index (χ1n) is 6.82. The van der Waals surface area contributed by atoms with Crippen molar-refractivity contribution in [3.8, 4) is 11.3 Å². The number of nitrogen functional groups attached to an aromatic ring is 1. The third-order valence-corrected chi connectivity index (χ3v) is 4.52. The van der Waals surface area contributed by atoms with Gasteiger partial charge in [-0.1, -0.05) is 29.3 Å². The van der Waals surface area contributed by atoms with Crippen molar-refractivity contribution in [2.24, 2.45) is 0 Å². The quantitative estimate of drug-likeness (QED) is 0.540. The van der Waals surface area contributed by atoms with Gasteiger partial charge in [-0.2, -0.15) is 4.73 Å². The zero-order chi connectivity index (χ0) is 16.9. The van der Waals surface area contributed by atoms with Gasteiger partial charge < -0.3 is 10.4 Å². The average Bonchev–Trinajstić information content (AvgIpc) is 2.50. The van der Waals surface area contributed by atoms with Gasteiger partial charge in [-0.25, -0.2) is 4.73 Å². The smallest absolute Gasteiger partial charge is 0.351 e. The van der Waals surface area contributed by atoms with Crippen LogP contribution in [0.1, 0.15) is 11.1 Å². The molecule has 5 nitrogen and oxygen atoms in total. The van der Waals surface area contributed by atoms with Gasteiger partial charge in [0, 0.05) is 6.07 Å². The molecule has 0 aliphatic carbocycles. The van der Waals surface area contributed by atoms with Gasteiger partial charge in [-0.15, -0.1) is 0 Å². The Bertz CT molecular complexity index is 938. The van der Waals surface area contributed by atoms with Crippen LogP contribution in [0, 0.1) is 24.3 Å². The Hall–Kier alpha value is -2.24. The van der Waals surface area contributed by atoms with Crippen LogP contribution in [-0.2, 0) is 0 Å². The summed E-state index contributed by atoms with van der Waals surface area (Å²) in [5.41, 5.74) is 8.31. The van der Waals surface area contributed by atoms with Gasteiger partial charge in [-0.3, -0.25) is 5.73 Å². The van der Waals surface area contributed by atoms with Crippen molar-refractivity contribution in [1.29, 1.82) is 0 Å². The highest BCUT2D eigenvalue weighted by atomic mass is 35.5. The van der Waals surface area contributed by atoms with Crippen LogP contribution >= 0.6 is 23.2 Å². The molecule has 3 rings (SSSR count). The minimum Gasteiger partial charge on any atom is -0.710 e. The summed E-state index contributed by atoms with van der Waals surface area (Å²) < 4.78 is 1.14. The standard InChI is InChI=1S/C16H13Cl2N3O2/c1-8-6-12-13(7-9(8)2)21(23)16(19)15(20(12)22)14-10(17)4-3-5-11(14)18/h3-7H,19H2,1-2H3. The first kappa shape index (κ1) is 15.6.